The molecule has 0 saturated carbocycles. The Bertz CT molecular complexity index is 626. The van der Waals surface area contributed by atoms with Crippen LogP contribution in [0.15, 0.2) is 9.05 Å². The van der Waals surface area contributed by atoms with Crippen molar-refractivity contribution in [3.63, 3.8) is 0 Å². The summed E-state index contributed by atoms with van der Waals surface area (Å²) in [5.41, 5.74) is 0. The molecule has 0 radical (unpaired) electrons. The Hall–Kier alpha value is -1.80. The molecule has 3 heterocycles. The van der Waals surface area contributed by atoms with Gasteiger partial charge in [-0.3, -0.25) is 4.90 Å². The number of ether oxygens (including phenoxy) is 1. The zero-order valence-corrected chi connectivity index (χ0v) is 13.9. The first kappa shape index (κ1) is 16.1. The molecule has 0 bridgehead atoms. The maximum atomic E-state index is 5.49. The van der Waals surface area contributed by atoms with Crippen LogP contribution in [0.3, 0.4) is 0 Å². The molecule has 1 saturated heterocycles. The van der Waals surface area contributed by atoms with E-state index in [1.807, 2.05) is 20.8 Å². The highest BCUT2D eigenvalue weighted by molar-refractivity contribution is 4.99. The van der Waals surface area contributed by atoms with Gasteiger partial charge in [0.25, 0.3) is 0 Å². The van der Waals surface area contributed by atoms with Crippen LogP contribution in [0.1, 0.15) is 69.2 Å². The Morgan fingerprint density at radius 3 is 2.78 bits per heavy atom. The Morgan fingerprint density at radius 1 is 1.22 bits per heavy atom. The van der Waals surface area contributed by atoms with E-state index in [0.717, 1.165) is 31.6 Å². The summed E-state index contributed by atoms with van der Waals surface area (Å²) in [5.74, 6) is 2.61. The maximum absolute atomic E-state index is 5.49. The average Bonchev–Trinajstić information content (AvgIpc) is 3.27. The summed E-state index contributed by atoms with van der Waals surface area (Å²) in [5, 5.41) is 8.11. The van der Waals surface area contributed by atoms with Gasteiger partial charge in [0.1, 0.15) is 6.10 Å². The van der Waals surface area contributed by atoms with Gasteiger partial charge in [-0.1, -0.05) is 17.2 Å². The van der Waals surface area contributed by atoms with Gasteiger partial charge < -0.3 is 13.8 Å². The van der Waals surface area contributed by atoms with Crippen molar-refractivity contribution in [3.05, 3.63) is 23.4 Å². The van der Waals surface area contributed by atoms with E-state index < -0.39 is 0 Å². The first-order valence-corrected chi connectivity index (χ1v) is 8.21. The first-order valence-electron chi connectivity index (χ1n) is 8.21. The molecule has 0 aliphatic carbocycles. The fourth-order valence-corrected chi connectivity index (χ4v) is 2.85. The SMILES string of the molecule is CCO[C@H](C)c1noc(CN2CCC[C@@H]2c2noc(CC)n2)n1. The molecular weight excluding hydrogens is 298 g/mol. The molecule has 23 heavy (non-hydrogen) atoms. The van der Waals surface area contributed by atoms with Gasteiger partial charge >= 0.3 is 0 Å². The number of likely N-dealkylation sites (tertiary alicyclic amines) is 1. The molecule has 2 aromatic heterocycles. The minimum Gasteiger partial charge on any atom is -0.371 e. The lowest BCUT2D eigenvalue weighted by molar-refractivity contribution is 0.0683. The van der Waals surface area contributed by atoms with Crippen molar-refractivity contribution in [2.45, 2.75) is 58.7 Å². The number of aromatic nitrogens is 4. The quantitative estimate of drug-likeness (QED) is 0.768. The molecule has 1 fully saturated rings. The van der Waals surface area contributed by atoms with Gasteiger partial charge in [-0.2, -0.15) is 9.97 Å². The van der Waals surface area contributed by atoms with Gasteiger partial charge in [-0.15, -0.1) is 0 Å². The topological polar surface area (TPSA) is 90.3 Å². The molecular formula is C15H23N5O3. The van der Waals surface area contributed by atoms with E-state index in [2.05, 4.69) is 25.2 Å². The fourth-order valence-electron chi connectivity index (χ4n) is 2.85. The molecule has 0 spiro atoms. The van der Waals surface area contributed by atoms with Crippen molar-refractivity contribution < 1.29 is 13.8 Å². The second-order valence-corrected chi connectivity index (χ2v) is 5.67. The summed E-state index contributed by atoms with van der Waals surface area (Å²) in [6.45, 7) is 8.04. The van der Waals surface area contributed by atoms with Crippen LogP contribution >= 0.6 is 0 Å². The average molecular weight is 321 g/mol. The van der Waals surface area contributed by atoms with Crippen molar-refractivity contribution in [3.8, 4) is 0 Å². The van der Waals surface area contributed by atoms with Crippen LogP contribution in [0.25, 0.3) is 0 Å². The zero-order chi connectivity index (χ0) is 16.2. The summed E-state index contributed by atoms with van der Waals surface area (Å²) in [4.78, 5) is 11.1. The van der Waals surface area contributed by atoms with Crippen LogP contribution in [-0.4, -0.2) is 38.3 Å². The second kappa shape index (κ2) is 7.18. The molecule has 8 nitrogen and oxygen atoms in total. The van der Waals surface area contributed by atoms with Gasteiger partial charge in [0.05, 0.1) is 12.6 Å². The monoisotopic (exact) mass is 321 g/mol. The molecule has 2 aromatic rings. The minimum atomic E-state index is -0.156. The van der Waals surface area contributed by atoms with E-state index in [0.29, 0.717) is 30.8 Å². The Kier molecular flexibility index (Phi) is 5.02. The summed E-state index contributed by atoms with van der Waals surface area (Å²) in [6.07, 6.45) is 2.70. The van der Waals surface area contributed by atoms with Crippen molar-refractivity contribution in [1.29, 1.82) is 0 Å². The van der Waals surface area contributed by atoms with Crippen molar-refractivity contribution >= 4 is 0 Å². The fraction of sp³-hybridized carbons (Fsp3) is 0.733. The lowest BCUT2D eigenvalue weighted by Gasteiger charge is -2.19. The van der Waals surface area contributed by atoms with E-state index in [9.17, 15) is 0 Å². The lowest BCUT2D eigenvalue weighted by atomic mass is 10.2. The van der Waals surface area contributed by atoms with Crippen molar-refractivity contribution in [1.82, 2.24) is 25.2 Å². The van der Waals surface area contributed by atoms with Crippen LogP contribution in [0, 0.1) is 0 Å². The summed E-state index contributed by atoms with van der Waals surface area (Å²) in [7, 11) is 0. The molecule has 0 amide bonds. The smallest absolute Gasteiger partial charge is 0.240 e. The Labute approximate surface area is 135 Å². The predicted molar refractivity (Wildman–Crippen MR) is 80.4 cm³/mol. The Balaban J connectivity index is 1.66. The predicted octanol–water partition coefficient (Wildman–Crippen LogP) is 2.45. The summed E-state index contributed by atoms with van der Waals surface area (Å²) < 4.78 is 16.1. The molecule has 0 unspecified atom stereocenters. The standard InChI is InChI=1S/C15H23N5O3/c1-4-12-16-15(19-22-12)11-7-6-8-20(11)9-13-17-14(18-23-13)10(3)21-5-2/h10-11H,4-9H2,1-3H3/t10-,11-/m1/s1. The first-order chi connectivity index (χ1) is 11.2. The molecule has 0 aromatic carbocycles. The number of hydrogen-bond acceptors (Lipinski definition) is 8. The second-order valence-electron chi connectivity index (χ2n) is 5.67. The van der Waals surface area contributed by atoms with E-state index in [1.54, 1.807) is 0 Å². The van der Waals surface area contributed by atoms with E-state index in [-0.39, 0.29) is 12.1 Å². The number of aryl methyl sites for hydroxylation is 1. The molecule has 1 aliphatic rings. The van der Waals surface area contributed by atoms with Gasteiger partial charge in [-0.05, 0) is 33.2 Å². The van der Waals surface area contributed by atoms with Crippen LogP contribution < -0.4 is 0 Å². The largest absolute Gasteiger partial charge is 0.371 e. The Morgan fingerprint density at radius 2 is 2.04 bits per heavy atom. The normalized spacial score (nSPS) is 20.2. The van der Waals surface area contributed by atoms with E-state index in [4.69, 9.17) is 13.8 Å². The maximum Gasteiger partial charge on any atom is 0.240 e. The van der Waals surface area contributed by atoms with Crippen LogP contribution in [0.2, 0.25) is 0 Å². The highest BCUT2D eigenvalue weighted by atomic mass is 16.5. The third kappa shape index (κ3) is 3.59. The molecule has 3 rings (SSSR count). The molecule has 0 N–H and O–H groups in total. The number of nitrogens with zero attached hydrogens (tertiary/aromatic N) is 5. The van der Waals surface area contributed by atoms with Gasteiger partial charge in [0.15, 0.2) is 11.6 Å². The number of rotatable bonds is 7. The van der Waals surface area contributed by atoms with Crippen molar-refractivity contribution in [2.24, 2.45) is 0 Å². The van der Waals surface area contributed by atoms with Gasteiger partial charge in [0, 0.05) is 13.0 Å². The van der Waals surface area contributed by atoms with Crippen molar-refractivity contribution in [2.75, 3.05) is 13.2 Å². The molecule has 8 heteroatoms. The van der Waals surface area contributed by atoms with Crippen LogP contribution in [0.4, 0.5) is 0 Å². The summed E-state index contributed by atoms with van der Waals surface area (Å²) in [6, 6.07) is 0.152. The van der Waals surface area contributed by atoms with Crippen LogP contribution in [-0.2, 0) is 17.7 Å². The highest BCUT2D eigenvalue weighted by Gasteiger charge is 2.31. The lowest BCUT2D eigenvalue weighted by Crippen LogP contribution is -2.23. The van der Waals surface area contributed by atoms with Crippen LogP contribution in [0.5, 0.6) is 0 Å². The van der Waals surface area contributed by atoms with E-state index >= 15 is 0 Å². The van der Waals surface area contributed by atoms with Gasteiger partial charge in [0.2, 0.25) is 11.8 Å². The highest BCUT2D eigenvalue weighted by Crippen LogP contribution is 2.31. The molecule has 126 valence electrons. The molecule has 1 aliphatic heterocycles. The number of hydrogen-bond donors (Lipinski definition) is 0. The zero-order valence-electron chi connectivity index (χ0n) is 13.9. The summed E-state index contributed by atoms with van der Waals surface area (Å²) >= 11 is 0. The van der Waals surface area contributed by atoms with Gasteiger partial charge in [-0.25, -0.2) is 0 Å². The minimum absolute atomic E-state index is 0.152. The third-order valence-electron chi connectivity index (χ3n) is 4.05. The third-order valence-corrected chi connectivity index (χ3v) is 4.05. The molecule has 2 atom stereocenters. The van der Waals surface area contributed by atoms with E-state index in [1.165, 1.54) is 0 Å².